The molecule has 3 amide bonds. The Morgan fingerprint density at radius 2 is 1.91 bits per heavy atom. The van der Waals surface area contributed by atoms with Gasteiger partial charge in [-0.3, -0.25) is 19.3 Å². The number of nitrogens with one attached hydrogen (secondary N) is 1. The van der Waals surface area contributed by atoms with Crippen LogP contribution in [0.1, 0.15) is 51.2 Å². The molecule has 0 spiro atoms. The Kier molecular flexibility index (Phi) is 6.34. The molecule has 6 nitrogen and oxygen atoms in total. The molecule has 2 aliphatic heterocycles. The topological polar surface area (TPSA) is 69.7 Å². The number of nitrogens with zero attached hydrogens (tertiary/aromatic N) is 2. The molecular weight excluding hydrogens is 434 g/mol. The van der Waals surface area contributed by atoms with Gasteiger partial charge in [-0.25, -0.2) is 0 Å². The van der Waals surface area contributed by atoms with Crippen LogP contribution in [-0.4, -0.2) is 40.6 Å². The first-order valence-electron chi connectivity index (χ1n) is 11.2. The SMILES string of the molecule is CCN1c2ccc(/C=C3/SC(=O)N(CC(=O)Nc4ccccc4)C3=O)cc2C(C)CC1(C)C. The number of thioether (sulfide) groups is 1. The molecule has 1 unspecified atom stereocenters. The van der Waals surface area contributed by atoms with Crippen LogP contribution in [0.25, 0.3) is 6.08 Å². The molecule has 2 aromatic rings. The number of amides is 3. The maximum atomic E-state index is 12.9. The van der Waals surface area contributed by atoms with Gasteiger partial charge in [-0.15, -0.1) is 0 Å². The van der Waals surface area contributed by atoms with E-state index in [2.05, 4.69) is 50.0 Å². The van der Waals surface area contributed by atoms with E-state index in [-0.39, 0.29) is 12.1 Å². The molecule has 2 aromatic carbocycles. The molecule has 1 fully saturated rings. The van der Waals surface area contributed by atoms with Crippen LogP contribution in [0.5, 0.6) is 0 Å². The van der Waals surface area contributed by atoms with Gasteiger partial charge < -0.3 is 10.2 Å². The fraction of sp³-hybridized carbons (Fsp3) is 0.346. The van der Waals surface area contributed by atoms with E-state index in [0.717, 1.165) is 35.2 Å². The Bertz CT molecular complexity index is 1130. The first kappa shape index (κ1) is 23.1. The fourth-order valence-electron chi connectivity index (χ4n) is 4.85. The Morgan fingerprint density at radius 3 is 2.61 bits per heavy atom. The summed E-state index contributed by atoms with van der Waals surface area (Å²) in [5.74, 6) is -0.451. The second-order valence-electron chi connectivity index (χ2n) is 9.16. The standard InChI is InChI=1S/C26H29N3O3S/c1-5-29-21-12-11-18(13-20(21)17(2)15-26(29,3)4)14-22-24(31)28(25(32)33-22)16-23(30)27-19-9-7-6-8-10-19/h6-14,17H,5,15-16H2,1-4H3,(H,27,30)/b22-14+. The highest BCUT2D eigenvalue weighted by Gasteiger charge is 2.37. The van der Waals surface area contributed by atoms with Crippen molar-refractivity contribution in [3.8, 4) is 0 Å². The van der Waals surface area contributed by atoms with Crippen molar-refractivity contribution in [3.05, 3.63) is 64.6 Å². The average molecular weight is 464 g/mol. The number of hydrogen-bond donors (Lipinski definition) is 1. The minimum absolute atomic E-state index is 0.0889. The molecule has 4 rings (SSSR count). The van der Waals surface area contributed by atoms with Crippen LogP contribution in [0, 0.1) is 0 Å². The number of rotatable bonds is 5. The molecule has 0 bridgehead atoms. The second kappa shape index (κ2) is 9.06. The highest BCUT2D eigenvalue weighted by Crippen LogP contribution is 2.44. The van der Waals surface area contributed by atoms with Crippen LogP contribution in [0.3, 0.4) is 0 Å². The molecule has 2 aliphatic rings. The molecule has 172 valence electrons. The Hall–Kier alpha value is -3.06. The first-order chi connectivity index (χ1) is 15.7. The van der Waals surface area contributed by atoms with Crippen LogP contribution in [-0.2, 0) is 9.59 Å². The zero-order valence-electron chi connectivity index (χ0n) is 19.4. The van der Waals surface area contributed by atoms with Gasteiger partial charge in [-0.1, -0.05) is 31.2 Å². The lowest BCUT2D eigenvalue weighted by molar-refractivity contribution is -0.127. The Balaban J connectivity index is 1.52. The highest BCUT2D eigenvalue weighted by atomic mass is 32.2. The third kappa shape index (κ3) is 4.69. The lowest BCUT2D eigenvalue weighted by atomic mass is 9.79. The quantitative estimate of drug-likeness (QED) is 0.595. The average Bonchev–Trinajstić information content (AvgIpc) is 3.02. The summed E-state index contributed by atoms with van der Waals surface area (Å²) in [7, 11) is 0. The molecule has 0 aromatic heterocycles. The third-order valence-electron chi connectivity index (χ3n) is 6.26. The first-order valence-corrected chi connectivity index (χ1v) is 12.0. The van der Waals surface area contributed by atoms with E-state index in [9.17, 15) is 14.4 Å². The number of fused-ring (bicyclic) bond motifs is 1. The summed E-state index contributed by atoms with van der Waals surface area (Å²) < 4.78 is 0. The normalized spacial score (nSPS) is 20.8. The molecule has 1 N–H and O–H groups in total. The second-order valence-corrected chi connectivity index (χ2v) is 10.2. The van der Waals surface area contributed by atoms with Gasteiger partial charge in [0.05, 0.1) is 4.91 Å². The predicted molar refractivity (Wildman–Crippen MR) is 134 cm³/mol. The van der Waals surface area contributed by atoms with Crippen molar-refractivity contribution in [2.45, 2.75) is 45.6 Å². The van der Waals surface area contributed by atoms with Crippen molar-refractivity contribution in [2.75, 3.05) is 23.3 Å². The molecule has 0 aliphatic carbocycles. The molecule has 7 heteroatoms. The smallest absolute Gasteiger partial charge is 0.294 e. The van der Waals surface area contributed by atoms with Gasteiger partial charge in [-0.2, -0.15) is 0 Å². The van der Waals surface area contributed by atoms with Crippen molar-refractivity contribution >= 4 is 46.3 Å². The van der Waals surface area contributed by atoms with Gasteiger partial charge in [-0.05, 0) is 86.3 Å². The van der Waals surface area contributed by atoms with Crippen molar-refractivity contribution in [1.82, 2.24) is 4.90 Å². The van der Waals surface area contributed by atoms with E-state index >= 15 is 0 Å². The summed E-state index contributed by atoms with van der Waals surface area (Å²) in [6, 6.07) is 15.2. The lowest BCUT2D eigenvalue weighted by Crippen LogP contribution is -2.48. The maximum absolute atomic E-state index is 12.9. The van der Waals surface area contributed by atoms with E-state index in [1.165, 1.54) is 11.3 Å². The van der Waals surface area contributed by atoms with E-state index < -0.39 is 17.1 Å². The number of carbonyl (C=O) groups is 3. The van der Waals surface area contributed by atoms with Crippen LogP contribution in [0.4, 0.5) is 16.2 Å². The van der Waals surface area contributed by atoms with Gasteiger partial charge in [0.15, 0.2) is 0 Å². The van der Waals surface area contributed by atoms with Crippen molar-refractivity contribution in [1.29, 1.82) is 0 Å². The summed E-state index contributed by atoms with van der Waals surface area (Å²) in [5, 5.41) is 2.28. The predicted octanol–water partition coefficient (Wildman–Crippen LogP) is 5.47. The minimum Gasteiger partial charge on any atom is -0.366 e. The molecule has 1 atom stereocenters. The van der Waals surface area contributed by atoms with E-state index in [0.29, 0.717) is 16.5 Å². The van der Waals surface area contributed by atoms with Crippen LogP contribution in [0.15, 0.2) is 53.4 Å². The zero-order chi connectivity index (χ0) is 23.8. The molecule has 0 radical (unpaired) electrons. The third-order valence-corrected chi connectivity index (χ3v) is 7.16. The van der Waals surface area contributed by atoms with Gasteiger partial charge in [0, 0.05) is 23.5 Å². The van der Waals surface area contributed by atoms with Crippen molar-refractivity contribution in [3.63, 3.8) is 0 Å². The van der Waals surface area contributed by atoms with E-state index in [1.54, 1.807) is 30.3 Å². The monoisotopic (exact) mass is 463 g/mol. The number of carbonyl (C=O) groups excluding carboxylic acids is 3. The lowest BCUT2D eigenvalue weighted by Gasteiger charge is -2.47. The van der Waals surface area contributed by atoms with Gasteiger partial charge in [0.25, 0.3) is 11.1 Å². The number of anilines is 2. The summed E-state index contributed by atoms with van der Waals surface area (Å²) in [6.45, 7) is 9.56. The summed E-state index contributed by atoms with van der Waals surface area (Å²) in [6.07, 6.45) is 2.80. The summed E-state index contributed by atoms with van der Waals surface area (Å²) >= 11 is 0.876. The van der Waals surface area contributed by atoms with Crippen LogP contribution in [0.2, 0.25) is 0 Å². The number of hydrogen-bond acceptors (Lipinski definition) is 5. The molecule has 0 saturated carbocycles. The molecule has 1 saturated heterocycles. The summed E-state index contributed by atoms with van der Waals surface area (Å²) in [5.41, 5.74) is 4.08. The Morgan fingerprint density at radius 1 is 1.18 bits per heavy atom. The molecular formula is C26H29N3O3S. The maximum Gasteiger partial charge on any atom is 0.294 e. The van der Waals surface area contributed by atoms with Gasteiger partial charge >= 0.3 is 0 Å². The number of imide groups is 1. The van der Waals surface area contributed by atoms with E-state index in [1.807, 2.05) is 12.1 Å². The summed E-state index contributed by atoms with van der Waals surface area (Å²) in [4.78, 5) is 41.4. The van der Waals surface area contributed by atoms with Gasteiger partial charge in [0.2, 0.25) is 5.91 Å². The van der Waals surface area contributed by atoms with Crippen LogP contribution < -0.4 is 10.2 Å². The zero-order valence-corrected chi connectivity index (χ0v) is 20.2. The fourth-order valence-corrected chi connectivity index (χ4v) is 5.69. The highest BCUT2D eigenvalue weighted by molar-refractivity contribution is 8.18. The molecule has 2 heterocycles. The van der Waals surface area contributed by atoms with Gasteiger partial charge in [0.1, 0.15) is 6.54 Å². The largest absolute Gasteiger partial charge is 0.366 e. The molecule has 33 heavy (non-hydrogen) atoms. The minimum atomic E-state index is -0.435. The van der Waals surface area contributed by atoms with Crippen molar-refractivity contribution in [2.24, 2.45) is 0 Å². The van der Waals surface area contributed by atoms with Crippen molar-refractivity contribution < 1.29 is 14.4 Å². The Labute approximate surface area is 199 Å². The van der Waals surface area contributed by atoms with E-state index in [4.69, 9.17) is 0 Å². The number of benzene rings is 2. The van der Waals surface area contributed by atoms with Crippen LogP contribution >= 0.6 is 11.8 Å². The number of para-hydroxylation sites is 1.